The number of carbonyl (C=O) groups excluding carboxylic acids is 1. The number of fused-ring (bicyclic) bond motifs is 1. The zero-order valence-corrected chi connectivity index (χ0v) is 19.8. The predicted molar refractivity (Wildman–Crippen MR) is 135 cm³/mol. The van der Waals surface area contributed by atoms with Gasteiger partial charge in [-0.1, -0.05) is 42.5 Å². The molecule has 0 bridgehead atoms. The molecule has 0 aromatic heterocycles. The van der Waals surface area contributed by atoms with Crippen LogP contribution < -0.4 is 10.1 Å². The molecule has 4 rings (SSSR count). The largest absolute Gasteiger partial charge is 0.496 e. The van der Waals surface area contributed by atoms with Crippen molar-refractivity contribution < 1.29 is 18.7 Å². The highest BCUT2D eigenvalue weighted by Crippen LogP contribution is 2.42. The van der Waals surface area contributed by atoms with Gasteiger partial charge in [-0.3, -0.25) is 0 Å². The molecule has 1 N–H and O–H groups in total. The summed E-state index contributed by atoms with van der Waals surface area (Å²) in [6.07, 6.45) is 5.30. The molecule has 0 aliphatic carbocycles. The van der Waals surface area contributed by atoms with Gasteiger partial charge in [0.2, 0.25) is 0 Å². The third kappa shape index (κ3) is 5.04. The fraction of sp³-hybridized carbons (Fsp3) is 0.207. The van der Waals surface area contributed by atoms with Gasteiger partial charge >= 0.3 is 5.97 Å². The maximum Gasteiger partial charge on any atom is 0.331 e. The van der Waals surface area contributed by atoms with Crippen LogP contribution in [0, 0.1) is 5.82 Å². The highest BCUT2D eigenvalue weighted by molar-refractivity contribution is 5.90. The molecule has 0 spiro atoms. The molecule has 174 valence electrons. The van der Waals surface area contributed by atoms with Gasteiger partial charge in [-0.05, 0) is 61.7 Å². The first-order chi connectivity index (χ1) is 16.3. The van der Waals surface area contributed by atoms with Crippen molar-refractivity contribution in [2.75, 3.05) is 12.4 Å². The number of hydrogen-bond donors (Lipinski definition) is 1. The number of hydrogen-bond acceptors (Lipinski definition) is 4. The van der Waals surface area contributed by atoms with Crippen molar-refractivity contribution in [1.82, 2.24) is 0 Å². The summed E-state index contributed by atoms with van der Waals surface area (Å²) >= 11 is 0. The zero-order valence-electron chi connectivity index (χ0n) is 19.8. The molecule has 1 heterocycles. The van der Waals surface area contributed by atoms with Crippen LogP contribution in [-0.2, 0) is 16.1 Å². The van der Waals surface area contributed by atoms with E-state index in [2.05, 4.69) is 25.2 Å². The van der Waals surface area contributed by atoms with Crippen molar-refractivity contribution in [2.45, 2.75) is 32.9 Å². The molecule has 3 aromatic rings. The minimum absolute atomic E-state index is 0.0598. The highest BCUT2D eigenvalue weighted by Gasteiger charge is 2.27. The van der Waals surface area contributed by atoms with Crippen LogP contribution in [0.25, 0.3) is 22.8 Å². The van der Waals surface area contributed by atoms with Crippen molar-refractivity contribution in [3.63, 3.8) is 0 Å². The maximum absolute atomic E-state index is 13.9. The number of allylic oxidation sites excluding steroid dienone is 1. The number of nitrogens with one attached hydrogen (secondary N) is 1. The second kappa shape index (κ2) is 9.56. The molecule has 5 heteroatoms. The van der Waals surface area contributed by atoms with E-state index in [1.165, 1.54) is 25.3 Å². The van der Waals surface area contributed by atoms with Crippen molar-refractivity contribution >= 4 is 23.3 Å². The molecule has 34 heavy (non-hydrogen) atoms. The molecule has 0 saturated heterocycles. The van der Waals surface area contributed by atoms with Crippen molar-refractivity contribution in [1.29, 1.82) is 0 Å². The van der Waals surface area contributed by atoms with E-state index in [-0.39, 0.29) is 18.0 Å². The second-order valence-electron chi connectivity index (χ2n) is 8.88. The van der Waals surface area contributed by atoms with E-state index in [0.29, 0.717) is 5.75 Å². The number of anilines is 1. The summed E-state index contributed by atoms with van der Waals surface area (Å²) in [5.41, 5.74) is 6.11. The Labute approximate surface area is 199 Å². The molecule has 0 unspecified atom stereocenters. The lowest BCUT2D eigenvalue weighted by Gasteiger charge is -2.33. The minimum atomic E-state index is -0.441. The Kier molecular flexibility index (Phi) is 6.55. The maximum atomic E-state index is 13.9. The first-order valence-corrected chi connectivity index (χ1v) is 11.1. The zero-order chi connectivity index (χ0) is 24.3. The van der Waals surface area contributed by atoms with Crippen LogP contribution in [0.1, 0.15) is 37.5 Å². The molecular weight excluding hydrogens is 429 g/mol. The van der Waals surface area contributed by atoms with Gasteiger partial charge in [-0.15, -0.1) is 0 Å². The summed E-state index contributed by atoms with van der Waals surface area (Å²) in [6.45, 7) is 6.31. The number of halogens is 1. The lowest BCUT2D eigenvalue weighted by Crippen LogP contribution is -2.32. The summed E-state index contributed by atoms with van der Waals surface area (Å²) < 4.78 is 25.0. The molecule has 4 nitrogen and oxygen atoms in total. The summed E-state index contributed by atoms with van der Waals surface area (Å²) in [5.74, 6) is -0.400. The number of ether oxygens (including phenoxy) is 2. The summed E-state index contributed by atoms with van der Waals surface area (Å²) in [4.78, 5) is 12.5. The van der Waals surface area contributed by atoms with Gasteiger partial charge in [0.05, 0.1) is 12.6 Å². The lowest BCUT2D eigenvalue weighted by molar-refractivity contribution is -0.138. The van der Waals surface area contributed by atoms with Crippen LogP contribution in [-0.4, -0.2) is 18.6 Å². The van der Waals surface area contributed by atoms with Crippen LogP contribution in [0.3, 0.4) is 0 Å². The van der Waals surface area contributed by atoms with E-state index < -0.39 is 5.97 Å². The Morgan fingerprint density at radius 3 is 2.53 bits per heavy atom. The van der Waals surface area contributed by atoms with E-state index in [4.69, 9.17) is 9.47 Å². The van der Waals surface area contributed by atoms with E-state index >= 15 is 0 Å². The van der Waals surface area contributed by atoms with Gasteiger partial charge in [0.1, 0.15) is 18.2 Å². The van der Waals surface area contributed by atoms with Crippen LogP contribution in [0.5, 0.6) is 5.75 Å². The van der Waals surface area contributed by atoms with Crippen LogP contribution in [0.4, 0.5) is 10.1 Å². The summed E-state index contributed by atoms with van der Waals surface area (Å²) in [7, 11) is 1.51. The van der Waals surface area contributed by atoms with Gasteiger partial charge in [0.15, 0.2) is 0 Å². The average molecular weight is 458 g/mol. The third-order valence-corrected chi connectivity index (χ3v) is 5.77. The summed E-state index contributed by atoms with van der Waals surface area (Å²) in [5, 5.41) is 3.54. The van der Waals surface area contributed by atoms with Gasteiger partial charge < -0.3 is 14.8 Å². The molecule has 0 saturated carbocycles. The average Bonchev–Trinajstić information content (AvgIpc) is 2.81. The fourth-order valence-electron chi connectivity index (χ4n) is 4.41. The minimum Gasteiger partial charge on any atom is -0.496 e. The Morgan fingerprint density at radius 1 is 1.06 bits per heavy atom. The molecule has 0 radical (unpaired) electrons. The second-order valence-corrected chi connectivity index (χ2v) is 8.88. The number of rotatable bonds is 6. The van der Waals surface area contributed by atoms with Crippen molar-refractivity contribution in [3.8, 4) is 16.9 Å². The SMILES string of the molecule is COc1cc(F)ccc1-c1ccc2c(c1COC(=O)/C=C/c1ccccc1)C(C)=CC(C)(C)N2. The van der Waals surface area contributed by atoms with Gasteiger partial charge in [-0.2, -0.15) is 0 Å². The predicted octanol–water partition coefficient (Wildman–Crippen LogP) is 6.87. The molecule has 3 aromatic carbocycles. The first-order valence-electron chi connectivity index (χ1n) is 11.1. The monoisotopic (exact) mass is 457 g/mol. The summed E-state index contributed by atoms with van der Waals surface area (Å²) in [6, 6.07) is 18.0. The number of methoxy groups -OCH3 is 1. The third-order valence-electron chi connectivity index (χ3n) is 5.77. The molecular formula is C29H28FNO3. The molecule has 0 amide bonds. The molecule has 0 atom stereocenters. The van der Waals surface area contributed by atoms with Gasteiger partial charge in [-0.25, -0.2) is 9.18 Å². The Hall–Kier alpha value is -3.86. The lowest BCUT2D eigenvalue weighted by atomic mass is 9.85. The quantitative estimate of drug-likeness (QED) is 0.324. The Bertz CT molecular complexity index is 1280. The topological polar surface area (TPSA) is 47.6 Å². The fourth-order valence-corrected chi connectivity index (χ4v) is 4.41. The van der Waals surface area contributed by atoms with Gasteiger partial charge in [0.25, 0.3) is 0 Å². The van der Waals surface area contributed by atoms with E-state index in [1.54, 1.807) is 12.1 Å². The van der Waals surface area contributed by atoms with Crippen molar-refractivity contribution in [2.24, 2.45) is 0 Å². The van der Waals surface area contributed by atoms with E-state index in [1.807, 2.05) is 49.4 Å². The normalized spacial score (nSPS) is 14.2. The van der Waals surface area contributed by atoms with Crippen LogP contribution in [0.2, 0.25) is 0 Å². The number of carbonyl (C=O) groups is 1. The van der Waals surface area contributed by atoms with E-state index in [0.717, 1.165) is 39.1 Å². The molecule has 1 aliphatic heterocycles. The standard InChI is InChI=1S/C29H28FNO3/c1-19-17-29(2,3)31-25-14-13-22(23-12-11-21(30)16-26(23)33-4)24(28(19)25)18-34-27(32)15-10-20-8-6-5-7-9-20/h5-17,31H,18H2,1-4H3/b15-10+. The van der Waals surface area contributed by atoms with Crippen molar-refractivity contribution in [3.05, 3.63) is 95.3 Å². The van der Waals surface area contributed by atoms with Crippen LogP contribution >= 0.6 is 0 Å². The Balaban J connectivity index is 1.73. The van der Waals surface area contributed by atoms with Crippen LogP contribution in [0.15, 0.2) is 72.8 Å². The Morgan fingerprint density at radius 2 is 1.79 bits per heavy atom. The smallest absolute Gasteiger partial charge is 0.331 e. The number of benzene rings is 3. The van der Waals surface area contributed by atoms with E-state index in [9.17, 15) is 9.18 Å². The molecule has 1 aliphatic rings. The highest BCUT2D eigenvalue weighted by atomic mass is 19.1. The molecule has 0 fully saturated rings. The first kappa shape index (κ1) is 23.3. The van der Waals surface area contributed by atoms with Gasteiger partial charge in [0, 0.05) is 34.5 Å². The number of esters is 1.